The van der Waals surface area contributed by atoms with Crippen molar-refractivity contribution < 1.29 is 22.8 Å². The molecule has 0 radical (unpaired) electrons. The van der Waals surface area contributed by atoms with Crippen LogP contribution in [0.5, 0.6) is 5.75 Å². The van der Waals surface area contributed by atoms with E-state index < -0.39 is 15.6 Å². The molecule has 0 aliphatic heterocycles. The lowest BCUT2D eigenvalue weighted by Gasteiger charge is -2.44. The summed E-state index contributed by atoms with van der Waals surface area (Å²) in [5, 5.41) is 22.0. The van der Waals surface area contributed by atoms with Crippen LogP contribution in [-0.2, 0) is 22.2 Å². The predicted octanol–water partition coefficient (Wildman–Crippen LogP) is 6.83. The molecule has 2 fully saturated rings. The van der Waals surface area contributed by atoms with E-state index >= 15 is 0 Å². The van der Waals surface area contributed by atoms with Gasteiger partial charge in [0.15, 0.2) is 0 Å². The summed E-state index contributed by atoms with van der Waals surface area (Å²) in [5.41, 5.74) is 3.70. The van der Waals surface area contributed by atoms with Gasteiger partial charge in [0.25, 0.3) is 0 Å². The van der Waals surface area contributed by atoms with Gasteiger partial charge < -0.3 is 14.4 Å². The summed E-state index contributed by atoms with van der Waals surface area (Å²) < 4.78 is 35.4. The van der Waals surface area contributed by atoms with Gasteiger partial charge in [-0.05, 0) is 80.0 Å². The molecule has 2 aliphatic rings. The van der Waals surface area contributed by atoms with Crippen molar-refractivity contribution in [3.63, 3.8) is 0 Å². The molecule has 4 aromatic rings. The fraction of sp³-hybridized carbons (Fsp3) is 0.300. The minimum atomic E-state index is -3.80. The van der Waals surface area contributed by atoms with Gasteiger partial charge in [0, 0.05) is 17.0 Å². The zero-order valence-electron chi connectivity index (χ0n) is 21.7. The molecule has 2 saturated carbocycles. The van der Waals surface area contributed by atoms with E-state index in [9.17, 15) is 13.5 Å². The van der Waals surface area contributed by atoms with Crippen molar-refractivity contribution in [2.75, 3.05) is 0 Å². The Morgan fingerprint density at radius 3 is 2.48 bits per heavy atom. The Balaban J connectivity index is 1.19. The number of nitrogens with two attached hydrogens (primary N) is 1. The summed E-state index contributed by atoms with van der Waals surface area (Å²) in [4.78, 5) is 0.0606. The Morgan fingerprint density at radius 1 is 1.05 bits per heavy atom. The second kappa shape index (κ2) is 10.2. The van der Waals surface area contributed by atoms with Gasteiger partial charge in [0.1, 0.15) is 23.8 Å². The third-order valence-corrected chi connectivity index (χ3v) is 9.42. The van der Waals surface area contributed by atoms with E-state index in [1.54, 1.807) is 30.3 Å². The molecular weight excluding hydrogens is 571 g/mol. The average Bonchev–Trinajstić information content (AvgIpc) is 3.65. The normalized spacial score (nSPS) is 20.8. The van der Waals surface area contributed by atoms with Gasteiger partial charge in [0.2, 0.25) is 10.0 Å². The minimum absolute atomic E-state index is 0.0141. The fourth-order valence-corrected chi connectivity index (χ4v) is 6.76. The van der Waals surface area contributed by atoms with E-state index in [1.165, 1.54) is 6.07 Å². The van der Waals surface area contributed by atoms with Crippen LogP contribution in [0.2, 0.25) is 10.0 Å². The summed E-state index contributed by atoms with van der Waals surface area (Å²) in [6.45, 7) is 2.22. The quantitative estimate of drug-likeness (QED) is 0.230. The highest BCUT2D eigenvalue weighted by Crippen LogP contribution is 2.53. The molecule has 1 aromatic heterocycles. The van der Waals surface area contributed by atoms with Crippen molar-refractivity contribution in [2.45, 2.75) is 61.5 Å². The van der Waals surface area contributed by atoms with Crippen LogP contribution in [0.4, 0.5) is 0 Å². The summed E-state index contributed by atoms with van der Waals surface area (Å²) in [6, 6.07) is 17.5. The number of hydrogen-bond acceptors (Lipinski definition) is 6. The highest BCUT2D eigenvalue weighted by molar-refractivity contribution is 7.89. The maximum Gasteiger partial charge on any atom is 0.238 e. The number of aromatic nitrogens is 1. The fourth-order valence-electron chi connectivity index (χ4n) is 5.53. The lowest BCUT2D eigenvalue weighted by Crippen LogP contribution is -2.40. The molecule has 6 rings (SSSR count). The summed E-state index contributed by atoms with van der Waals surface area (Å²) in [7, 11) is -3.80. The zero-order valence-corrected chi connectivity index (χ0v) is 24.1. The molecular formula is C30H28Cl2N2O5S. The molecule has 0 saturated heterocycles. The number of ether oxygens (including phenoxy) is 1. The van der Waals surface area contributed by atoms with E-state index in [-0.39, 0.29) is 17.4 Å². The van der Waals surface area contributed by atoms with E-state index in [0.717, 1.165) is 40.9 Å². The van der Waals surface area contributed by atoms with Crippen LogP contribution in [0.25, 0.3) is 11.3 Å². The Morgan fingerprint density at radius 2 is 1.80 bits per heavy atom. The number of sulfonamides is 1. The van der Waals surface area contributed by atoms with E-state index in [2.05, 4.69) is 5.16 Å². The van der Waals surface area contributed by atoms with Crippen molar-refractivity contribution in [1.29, 1.82) is 0 Å². The summed E-state index contributed by atoms with van der Waals surface area (Å²) >= 11 is 13.2. The maximum absolute atomic E-state index is 11.7. The number of halogens is 2. The van der Waals surface area contributed by atoms with Crippen molar-refractivity contribution in [1.82, 2.24) is 5.16 Å². The van der Waals surface area contributed by atoms with Gasteiger partial charge in [-0.2, -0.15) is 0 Å². The standard InChI is InChI=1S/C30H28Cl2N2O5S/c1-17-4-2-7-25(31)27(17)28-23(29(39-34-28)18-8-9-18)16-38-21-10-11-24(26(32)13-21)30(35)14-20(15-30)19-5-3-6-22(12-19)40(33,36)37/h2-7,10-13,18,20,35H,8-9,14-16H2,1H3,(H2,33,36,37). The van der Waals surface area contributed by atoms with Crippen molar-refractivity contribution in [3.8, 4) is 17.0 Å². The number of aryl methyl sites for hydroxylation is 1. The Bertz CT molecular complexity index is 1690. The number of benzene rings is 3. The predicted molar refractivity (Wildman–Crippen MR) is 153 cm³/mol. The van der Waals surface area contributed by atoms with Gasteiger partial charge in [-0.3, -0.25) is 0 Å². The SMILES string of the molecule is Cc1cccc(Cl)c1-c1noc(C2CC2)c1COc1ccc(C2(O)CC(c3cccc(S(N)(=O)=O)c3)C2)c(Cl)c1. The first-order valence-corrected chi connectivity index (χ1v) is 15.4. The average molecular weight is 600 g/mol. The summed E-state index contributed by atoms with van der Waals surface area (Å²) in [5.74, 6) is 1.71. The molecule has 10 heteroatoms. The van der Waals surface area contributed by atoms with Gasteiger partial charge in [-0.15, -0.1) is 0 Å². The van der Waals surface area contributed by atoms with Crippen LogP contribution in [0, 0.1) is 6.92 Å². The number of rotatable bonds is 8. The highest BCUT2D eigenvalue weighted by Gasteiger charge is 2.46. The molecule has 1 heterocycles. The number of hydrogen-bond donors (Lipinski definition) is 2. The first kappa shape index (κ1) is 27.3. The third kappa shape index (κ3) is 5.15. The second-order valence-electron chi connectivity index (χ2n) is 10.8. The Kier molecular flexibility index (Phi) is 6.95. The van der Waals surface area contributed by atoms with Gasteiger partial charge in [0.05, 0.1) is 26.1 Å². The highest BCUT2D eigenvalue weighted by atomic mass is 35.5. The van der Waals surface area contributed by atoms with E-state index in [1.807, 2.05) is 31.2 Å². The first-order valence-electron chi connectivity index (χ1n) is 13.1. The second-order valence-corrected chi connectivity index (χ2v) is 13.1. The molecule has 7 nitrogen and oxygen atoms in total. The van der Waals surface area contributed by atoms with E-state index in [4.69, 9.17) is 37.6 Å². The van der Waals surface area contributed by atoms with Crippen LogP contribution >= 0.6 is 23.2 Å². The van der Waals surface area contributed by atoms with Crippen LogP contribution < -0.4 is 9.88 Å². The number of nitrogens with zero attached hydrogens (tertiary/aromatic N) is 1. The van der Waals surface area contributed by atoms with E-state index in [0.29, 0.717) is 45.8 Å². The molecule has 3 N–H and O–H groups in total. The van der Waals surface area contributed by atoms with Crippen molar-refractivity contribution in [3.05, 3.63) is 98.7 Å². The molecule has 2 aliphatic carbocycles. The minimum Gasteiger partial charge on any atom is -0.489 e. The molecule has 208 valence electrons. The lowest BCUT2D eigenvalue weighted by atomic mass is 9.65. The zero-order chi connectivity index (χ0) is 28.2. The Labute approximate surface area is 242 Å². The Hall–Kier alpha value is -2.88. The molecule has 0 spiro atoms. The molecule has 0 bridgehead atoms. The number of primary sulfonamides is 1. The number of aliphatic hydroxyl groups is 1. The molecule has 0 unspecified atom stereocenters. The van der Waals surface area contributed by atoms with Gasteiger partial charge in [-0.1, -0.05) is 58.7 Å². The largest absolute Gasteiger partial charge is 0.489 e. The van der Waals surface area contributed by atoms with Crippen molar-refractivity contribution >= 4 is 33.2 Å². The molecule has 0 atom stereocenters. The molecule has 3 aromatic carbocycles. The van der Waals surface area contributed by atoms with Gasteiger partial charge in [-0.25, -0.2) is 13.6 Å². The molecule has 0 amide bonds. The third-order valence-electron chi connectivity index (χ3n) is 7.88. The van der Waals surface area contributed by atoms with Crippen LogP contribution in [0.3, 0.4) is 0 Å². The van der Waals surface area contributed by atoms with Crippen LogP contribution in [0.15, 0.2) is 70.1 Å². The molecule has 40 heavy (non-hydrogen) atoms. The van der Waals surface area contributed by atoms with Crippen LogP contribution in [0.1, 0.15) is 65.5 Å². The van der Waals surface area contributed by atoms with Crippen LogP contribution in [-0.4, -0.2) is 18.7 Å². The first-order chi connectivity index (χ1) is 19.0. The maximum atomic E-state index is 11.7. The smallest absolute Gasteiger partial charge is 0.238 e. The summed E-state index contributed by atoms with van der Waals surface area (Å²) in [6.07, 6.45) is 2.92. The van der Waals surface area contributed by atoms with Crippen molar-refractivity contribution in [2.24, 2.45) is 5.14 Å². The monoisotopic (exact) mass is 598 g/mol. The topological polar surface area (TPSA) is 116 Å². The van der Waals surface area contributed by atoms with Gasteiger partial charge >= 0.3 is 0 Å². The lowest BCUT2D eigenvalue weighted by molar-refractivity contribution is -0.0549.